The zero-order valence-electron chi connectivity index (χ0n) is 16.7. The normalized spacial score (nSPS) is 11.2. The molecule has 0 aliphatic rings. The molecule has 0 aliphatic heterocycles. The number of anilines is 1. The molecular weight excluding hydrogens is 430 g/mol. The third-order valence-electron chi connectivity index (χ3n) is 4.85. The Labute approximate surface area is 185 Å². The third-order valence-corrected chi connectivity index (χ3v) is 6.56. The van der Waals surface area contributed by atoms with E-state index in [0.29, 0.717) is 27.9 Å². The van der Waals surface area contributed by atoms with Crippen LogP contribution in [-0.2, 0) is 4.79 Å². The Morgan fingerprint density at radius 1 is 1.10 bits per heavy atom. The van der Waals surface area contributed by atoms with Gasteiger partial charge in [-0.3, -0.25) is 9.59 Å². The van der Waals surface area contributed by atoms with E-state index in [9.17, 15) is 9.59 Å². The number of H-pyrrole nitrogens is 1. The van der Waals surface area contributed by atoms with Crippen molar-refractivity contribution in [2.24, 2.45) is 0 Å². The summed E-state index contributed by atoms with van der Waals surface area (Å²) in [6.45, 7) is 3.61. The van der Waals surface area contributed by atoms with Crippen LogP contribution in [0, 0.1) is 13.8 Å². The molecule has 0 fully saturated rings. The van der Waals surface area contributed by atoms with Crippen LogP contribution >= 0.6 is 22.7 Å². The standard InChI is InChI=1S/C22H17N5O2S2/c1-12-10-18(27(26-12)22-24-16(11-31-22)17-8-5-9-30-17)25-21(29)20(28)19-13(2)23-15-7-4-3-6-14(15)19/h3-11,23H,1-2H3,(H,25,29). The Hall–Kier alpha value is -3.56. The van der Waals surface area contributed by atoms with Crippen LogP contribution < -0.4 is 5.32 Å². The van der Waals surface area contributed by atoms with E-state index in [1.807, 2.05) is 54.1 Å². The predicted octanol–water partition coefficient (Wildman–Crippen LogP) is 4.98. The second-order valence-corrected chi connectivity index (χ2v) is 8.81. The number of ketones is 1. The van der Waals surface area contributed by atoms with Gasteiger partial charge in [-0.1, -0.05) is 24.3 Å². The first-order valence-electron chi connectivity index (χ1n) is 9.50. The van der Waals surface area contributed by atoms with Crippen molar-refractivity contribution in [2.75, 3.05) is 5.32 Å². The lowest BCUT2D eigenvalue weighted by Crippen LogP contribution is -2.24. The van der Waals surface area contributed by atoms with Crippen molar-refractivity contribution in [1.82, 2.24) is 19.7 Å². The molecule has 5 rings (SSSR count). The first kappa shape index (κ1) is 19.4. The van der Waals surface area contributed by atoms with Crippen molar-refractivity contribution >= 4 is 51.1 Å². The Morgan fingerprint density at radius 2 is 1.94 bits per heavy atom. The summed E-state index contributed by atoms with van der Waals surface area (Å²) >= 11 is 3.03. The van der Waals surface area contributed by atoms with Gasteiger partial charge in [-0.05, 0) is 31.4 Å². The number of carbonyl (C=O) groups is 2. The van der Waals surface area contributed by atoms with E-state index in [1.54, 1.807) is 29.0 Å². The van der Waals surface area contributed by atoms with Crippen LogP contribution in [0.1, 0.15) is 21.7 Å². The summed E-state index contributed by atoms with van der Waals surface area (Å²) in [5.41, 5.74) is 3.42. The number of nitrogens with one attached hydrogen (secondary N) is 2. The number of hydrogen-bond acceptors (Lipinski definition) is 6. The monoisotopic (exact) mass is 447 g/mol. The molecule has 0 saturated heterocycles. The van der Waals surface area contributed by atoms with E-state index in [4.69, 9.17) is 0 Å². The number of rotatable bonds is 5. The van der Waals surface area contributed by atoms with Gasteiger partial charge in [0.25, 0.3) is 11.7 Å². The lowest BCUT2D eigenvalue weighted by Gasteiger charge is -2.06. The van der Waals surface area contributed by atoms with Crippen LogP contribution in [0.15, 0.2) is 53.2 Å². The minimum Gasteiger partial charge on any atom is -0.358 e. The molecule has 4 aromatic heterocycles. The van der Waals surface area contributed by atoms with Crippen molar-refractivity contribution in [1.29, 1.82) is 0 Å². The molecule has 0 spiro atoms. The Balaban J connectivity index is 1.45. The molecule has 0 saturated carbocycles. The summed E-state index contributed by atoms with van der Waals surface area (Å²) in [6, 6.07) is 13.1. The summed E-state index contributed by atoms with van der Waals surface area (Å²) in [7, 11) is 0. The van der Waals surface area contributed by atoms with Crippen LogP contribution in [0.25, 0.3) is 26.6 Å². The average Bonchev–Trinajstić information content (AvgIpc) is 3.53. The summed E-state index contributed by atoms with van der Waals surface area (Å²) in [6.07, 6.45) is 0. The number of thiophene rings is 1. The van der Waals surface area contributed by atoms with Gasteiger partial charge in [0, 0.05) is 28.0 Å². The maximum atomic E-state index is 13.0. The van der Waals surface area contributed by atoms with E-state index in [-0.39, 0.29) is 0 Å². The highest BCUT2D eigenvalue weighted by molar-refractivity contribution is 7.15. The zero-order valence-corrected chi connectivity index (χ0v) is 18.3. The van der Waals surface area contributed by atoms with Crippen LogP contribution in [-0.4, -0.2) is 31.4 Å². The van der Waals surface area contributed by atoms with Crippen molar-refractivity contribution in [3.63, 3.8) is 0 Å². The largest absolute Gasteiger partial charge is 0.358 e. The topological polar surface area (TPSA) is 92.7 Å². The average molecular weight is 448 g/mol. The van der Waals surface area contributed by atoms with E-state index in [0.717, 1.165) is 21.5 Å². The Morgan fingerprint density at radius 3 is 2.74 bits per heavy atom. The second-order valence-electron chi connectivity index (χ2n) is 7.03. The predicted molar refractivity (Wildman–Crippen MR) is 123 cm³/mol. The van der Waals surface area contributed by atoms with Crippen molar-refractivity contribution < 1.29 is 9.59 Å². The molecule has 0 atom stereocenters. The van der Waals surface area contributed by atoms with Gasteiger partial charge >= 0.3 is 0 Å². The summed E-state index contributed by atoms with van der Waals surface area (Å²) in [4.78, 5) is 34.7. The van der Waals surface area contributed by atoms with Crippen molar-refractivity contribution in [2.45, 2.75) is 13.8 Å². The number of amides is 1. The molecule has 4 heterocycles. The van der Waals surface area contributed by atoms with Gasteiger partial charge in [-0.15, -0.1) is 22.7 Å². The number of carbonyl (C=O) groups excluding carboxylic acids is 2. The fraction of sp³-hybridized carbons (Fsp3) is 0.0909. The van der Waals surface area contributed by atoms with Crippen LogP contribution in [0.5, 0.6) is 0 Å². The smallest absolute Gasteiger partial charge is 0.298 e. The van der Waals surface area contributed by atoms with Gasteiger partial charge in [0.2, 0.25) is 5.13 Å². The number of Topliss-reactive ketones (excluding diaryl/α,β-unsaturated/α-hetero) is 1. The second kappa shape index (κ2) is 7.60. The van der Waals surface area contributed by atoms with Gasteiger partial charge in [0.05, 0.1) is 21.8 Å². The summed E-state index contributed by atoms with van der Waals surface area (Å²) in [5, 5.41) is 12.5. The molecule has 7 nitrogen and oxygen atoms in total. The van der Waals surface area contributed by atoms with E-state index >= 15 is 0 Å². The van der Waals surface area contributed by atoms with Crippen LogP contribution in [0.3, 0.4) is 0 Å². The third kappa shape index (κ3) is 3.47. The number of nitrogens with zero attached hydrogens (tertiary/aromatic N) is 3. The van der Waals surface area contributed by atoms with Gasteiger partial charge in [0.1, 0.15) is 5.82 Å². The fourth-order valence-electron chi connectivity index (χ4n) is 3.49. The lowest BCUT2D eigenvalue weighted by molar-refractivity contribution is -0.112. The number of aryl methyl sites for hydroxylation is 2. The molecule has 154 valence electrons. The summed E-state index contributed by atoms with van der Waals surface area (Å²) < 4.78 is 1.56. The highest BCUT2D eigenvalue weighted by Gasteiger charge is 2.24. The van der Waals surface area contributed by atoms with E-state index in [1.165, 1.54) is 11.3 Å². The quantitative estimate of drug-likeness (QED) is 0.294. The number of aromatic nitrogens is 4. The molecule has 1 aromatic carbocycles. The van der Waals surface area contributed by atoms with Crippen LogP contribution in [0.2, 0.25) is 0 Å². The van der Waals surface area contributed by atoms with Gasteiger partial charge in [0.15, 0.2) is 0 Å². The number of para-hydroxylation sites is 1. The number of aromatic amines is 1. The highest BCUT2D eigenvalue weighted by atomic mass is 32.1. The van der Waals surface area contributed by atoms with Crippen molar-refractivity contribution in [3.05, 3.63) is 70.2 Å². The van der Waals surface area contributed by atoms with Crippen molar-refractivity contribution in [3.8, 4) is 15.7 Å². The molecular formula is C22H17N5O2S2. The zero-order chi connectivity index (χ0) is 21.5. The molecule has 31 heavy (non-hydrogen) atoms. The van der Waals surface area contributed by atoms with Crippen LogP contribution in [0.4, 0.5) is 5.82 Å². The van der Waals surface area contributed by atoms with Gasteiger partial charge in [-0.2, -0.15) is 9.78 Å². The number of benzene rings is 1. The first-order valence-corrected chi connectivity index (χ1v) is 11.3. The van der Waals surface area contributed by atoms with E-state index in [2.05, 4.69) is 20.4 Å². The van der Waals surface area contributed by atoms with Gasteiger partial charge in [-0.25, -0.2) is 4.98 Å². The highest BCUT2D eigenvalue weighted by Crippen LogP contribution is 2.29. The maximum Gasteiger partial charge on any atom is 0.298 e. The number of hydrogen-bond donors (Lipinski definition) is 2. The molecule has 0 unspecified atom stereocenters. The molecule has 0 aliphatic carbocycles. The lowest BCUT2D eigenvalue weighted by atomic mass is 10.1. The molecule has 0 bridgehead atoms. The minimum atomic E-state index is -0.718. The van der Waals surface area contributed by atoms with Gasteiger partial charge < -0.3 is 10.3 Å². The first-order chi connectivity index (χ1) is 15.0. The fourth-order valence-corrected chi connectivity index (χ4v) is 5.04. The molecule has 5 aromatic rings. The maximum absolute atomic E-state index is 13.0. The molecule has 9 heteroatoms. The molecule has 2 N–H and O–H groups in total. The molecule has 1 amide bonds. The summed E-state index contributed by atoms with van der Waals surface area (Å²) in [5.74, 6) is -0.914. The SMILES string of the molecule is Cc1cc(NC(=O)C(=O)c2c(C)[nH]c3ccccc23)n(-c2nc(-c3cccs3)cs2)n1. The Kier molecular flexibility index (Phi) is 4.76. The Bertz CT molecular complexity index is 1430. The number of fused-ring (bicyclic) bond motifs is 1. The minimum absolute atomic E-state index is 0.380. The molecule has 0 radical (unpaired) electrons. The van der Waals surface area contributed by atoms with E-state index < -0.39 is 11.7 Å². The number of thiazole rings is 1.